The fourth-order valence-electron chi connectivity index (χ4n) is 1.32. The average Bonchev–Trinajstić information content (AvgIpc) is 2.24. The lowest BCUT2D eigenvalue weighted by molar-refractivity contribution is 0.465. The van der Waals surface area contributed by atoms with Crippen LogP contribution in [0.25, 0.3) is 0 Å². The van der Waals surface area contributed by atoms with Gasteiger partial charge in [0, 0.05) is 12.0 Å². The molecule has 1 heterocycles. The Kier molecular flexibility index (Phi) is 1.85. The Morgan fingerprint density at radius 1 is 1.64 bits per heavy atom. The molecule has 60 valence electrons. The van der Waals surface area contributed by atoms with Gasteiger partial charge in [0.1, 0.15) is 0 Å². The Hall–Kier alpha value is -1.05. The number of nitrogens with one attached hydrogen (secondary N) is 1. The van der Waals surface area contributed by atoms with Gasteiger partial charge in [-0.25, -0.2) is 0 Å². The summed E-state index contributed by atoms with van der Waals surface area (Å²) in [5, 5.41) is 3.23. The molecule has 0 fully saturated rings. The van der Waals surface area contributed by atoms with Gasteiger partial charge in [-0.2, -0.15) is 0 Å². The van der Waals surface area contributed by atoms with Gasteiger partial charge in [0.15, 0.2) is 0 Å². The molecule has 0 amide bonds. The molecule has 1 rings (SSSR count). The Labute approximate surface area is 67.7 Å². The monoisotopic (exact) mass is 150 g/mol. The minimum Gasteiger partial charge on any atom is -0.383 e. The van der Waals surface area contributed by atoms with Crippen LogP contribution in [0.2, 0.25) is 0 Å². The summed E-state index contributed by atoms with van der Waals surface area (Å²) in [6.45, 7) is 12.4. The third kappa shape index (κ3) is 1.20. The van der Waals surface area contributed by atoms with Crippen LogP contribution in [0, 0.1) is 5.41 Å². The van der Waals surface area contributed by atoms with Crippen LogP contribution >= 0.6 is 0 Å². The zero-order valence-corrected chi connectivity index (χ0v) is 7.15. The Morgan fingerprint density at radius 2 is 2.27 bits per heavy atom. The van der Waals surface area contributed by atoms with E-state index in [0.29, 0.717) is 0 Å². The zero-order valence-electron chi connectivity index (χ0n) is 7.15. The van der Waals surface area contributed by atoms with Gasteiger partial charge < -0.3 is 5.32 Å². The smallest absolute Gasteiger partial charge is 0.0700 e. The molecular formula is C9H14N2. The lowest BCUT2D eigenvalue weighted by Crippen LogP contribution is -2.19. The van der Waals surface area contributed by atoms with Gasteiger partial charge in [-0.15, -0.1) is 0 Å². The maximum Gasteiger partial charge on any atom is 0.0700 e. The number of rotatable bonds is 2. The molecule has 0 spiro atoms. The Bertz CT molecular complexity index is 224. The number of hydrogen-bond acceptors (Lipinski definition) is 2. The van der Waals surface area contributed by atoms with Crippen molar-refractivity contribution in [2.45, 2.75) is 13.8 Å². The summed E-state index contributed by atoms with van der Waals surface area (Å²) in [6.07, 6.45) is 1.79. The van der Waals surface area contributed by atoms with Crippen LogP contribution in [0.4, 0.5) is 0 Å². The molecule has 2 nitrogen and oxygen atoms in total. The normalized spacial score (nSPS) is 21.3. The predicted molar refractivity (Wildman–Crippen MR) is 48.6 cm³/mol. The largest absolute Gasteiger partial charge is 0.383 e. The van der Waals surface area contributed by atoms with E-state index in [1.54, 1.807) is 6.08 Å². The molecule has 0 aliphatic carbocycles. The highest BCUT2D eigenvalue weighted by Crippen LogP contribution is 2.33. The molecule has 0 aromatic heterocycles. The molecule has 0 unspecified atom stereocenters. The van der Waals surface area contributed by atoms with E-state index in [9.17, 15) is 0 Å². The summed E-state index contributed by atoms with van der Waals surface area (Å²) in [5.74, 6) is 0. The van der Waals surface area contributed by atoms with Gasteiger partial charge in [0.2, 0.25) is 0 Å². The highest BCUT2D eigenvalue weighted by atomic mass is 15.0. The van der Waals surface area contributed by atoms with E-state index < -0.39 is 0 Å². The van der Waals surface area contributed by atoms with Crippen molar-refractivity contribution < 1.29 is 0 Å². The lowest BCUT2D eigenvalue weighted by atomic mass is 9.91. The van der Waals surface area contributed by atoms with Crippen LogP contribution in [-0.2, 0) is 0 Å². The molecule has 1 aliphatic rings. The number of aliphatic imine (C=N–C) groups is 1. The standard InChI is InChI=1S/C9H14N2/c1-5-7-8(10-4)9(2,3)6-11-7/h5,11H,1,4,6H2,2-3H3. The Balaban J connectivity index is 3.06. The van der Waals surface area contributed by atoms with Crippen LogP contribution in [-0.4, -0.2) is 13.3 Å². The first kappa shape index (κ1) is 8.05. The third-order valence-electron chi connectivity index (χ3n) is 1.98. The molecule has 0 radical (unpaired) electrons. The average molecular weight is 150 g/mol. The van der Waals surface area contributed by atoms with Crippen LogP contribution in [0.5, 0.6) is 0 Å². The maximum atomic E-state index is 3.99. The predicted octanol–water partition coefficient (Wildman–Crippen LogP) is 1.71. The highest BCUT2D eigenvalue weighted by molar-refractivity contribution is 5.39. The second kappa shape index (κ2) is 2.53. The second-order valence-corrected chi connectivity index (χ2v) is 3.36. The minimum absolute atomic E-state index is 0.102. The summed E-state index contributed by atoms with van der Waals surface area (Å²) < 4.78 is 0. The van der Waals surface area contributed by atoms with E-state index in [1.165, 1.54) is 0 Å². The molecule has 0 aromatic carbocycles. The van der Waals surface area contributed by atoms with Gasteiger partial charge in [0.25, 0.3) is 0 Å². The van der Waals surface area contributed by atoms with E-state index in [4.69, 9.17) is 0 Å². The van der Waals surface area contributed by atoms with Crippen LogP contribution in [0.1, 0.15) is 13.8 Å². The van der Waals surface area contributed by atoms with Gasteiger partial charge >= 0.3 is 0 Å². The van der Waals surface area contributed by atoms with E-state index >= 15 is 0 Å². The van der Waals surface area contributed by atoms with Gasteiger partial charge in [-0.3, -0.25) is 4.99 Å². The molecule has 0 bridgehead atoms. The lowest BCUT2D eigenvalue weighted by Gasteiger charge is -2.16. The van der Waals surface area contributed by atoms with Crippen molar-refractivity contribution in [3.63, 3.8) is 0 Å². The summed E-state index contributed by atoms with van der Waals surface area (Å²) >= 11 is 0. The summed E-state index contributed by atoms with van der Waals surface area (Å²) in [6, 6.07) is 0. The van der Waals surface area contributed by atoms with E-state index in [0.717, 1.165) is 17.9 Å². The summed E-state index contributed by atoms with van der Waals surface area (Å²) in [7, 11) is 0. The van der Waals surface area contributed by atoms with Crippen molar-refractivity contribution >= 4 is 6.72 Å². The minimum atomic E-state index is 0.102. The zero-order chi connectivity index (χ0) is 8.48. The van der Waals surface area contributed by atoms with Crippen molar-refractivity contribution in [1.29, 1.82) is 0 Å². The van der Waals surface area contributed by atoms with Crippen LogP contribution in [0.15, 0.2) is 29.0 Å². The topological polar surface area (TPSA) is 24.4 Å². The SMILES string of the molecule is C=CC1=C(N=C)C(C)(C)CN1. The van der Waals surface area contributed by atoms with Crippen molar-refractivity contribution in [3.8, 4) is 0 Å². The highest BCUT2D eigenvalue weighted by Gasteiger charge is 2.30. The molecule has 0 atom stereocenters. The first-order chi connectivity index (χ1) is 5.11. The van der Waals surface area contributed by atoms with Crippen LogP contribution in [0.3, 0.4) is 0 Å². The molecule has 11 heavy (non-hydrogen) atoms. The molecule has 1 aliphatic heterocycles. The van der Waals surface area contributed by atoms with Crippen molar-refractivity contribution in [1.82, 2.24) is 5.32 Å². The fraction of sp³-hybridized carbons (Fsp3) is 0.444. The number of allylic oxidation sites excluding steroid dienone is 1. The van der Waals surface area contributed by atoms with Gasteiger partial charge in [-0.1, -0.05) is 20.4 Å². The number of hydrogen-bond donors (Lipinski definition) is 1. The molecule has 0 saturated carbocycles. The summed E-state index contributed by atoms with van der Waals surface area (Å²) in [4.78, 5) is 3.99. The molecule has 2 heteroatoms. The van der Waals surface area contributed by atoms with Crippen molar-refractivity contribution in [2.75, 3.05) is 6.54 Å². The van der Waals surface area contributed by atoms with Crippen molar-refractivity contribution in [3.05, 3.63) is 24.0 Å². The first-order valence-corrected chi connectivity index (χ1v) is 3.69. The van der Waals surface area contributed by atoms with Crippen LogP contribution < -0.4 is 5.32 Å². The quantitative estimate of drug-likeness (QED) is 0.595. The van der Waals surface area contributed by atoms with Gasteiger partial charge in [-0.05, 0) is 12.8 Å². The second-order valence-electron chi connectivity index (χ2n) is 3.36. The first-order valence-electron chi connectivity index (χ1n) is 3.69. The van der Waals surface area contributed by atoms with Gasteiger partial charge in [0.05, 0.1) is 11.4 Å². The summed E-state index contributed by atoms with van der Waals surface area (Å²) in [5.41, 5.74) is 2.14. The van der Waals surface area contributed by atoms with E-state index in [1.807, 2.05) is 0 Å². The molecule has 0 aromatic rings. The third-order valence-corrected chi connectivity index (χ3v) is 1.98. The van der Waals surface area contributed by atoms with Crippen molar-refractivity contribution in [2.24, 2.45) is 10.4 Å². The number of nitrogens with zero attached hydrogens (tertiary/aromatic N) is 1. The molecular weight excluding hydrogens is 136 g/mol. The van der Waals surface area contributed by atoms with E-state index in [-0.39, 0.29) is 5.41 Å². The maximum absolute atomic E-state index is 3.99. The molecule has 0 saturated heterocycles. The Morgan fingerprint density at radius 3 is 2.64 bits per heavy atom. The fourth-order valence-corrected chi connectivity index (χ4v) is 1.32. The van der Waals surface area contributed by atoms with E-state index in [2.05, 4.69) is 37.5 Å². The molecule has 1 N–H and O–H groups in total.